The molecular weight excluding hydrogens is 1450 g/mol. The van der Waals surface area contributed by atoms with Gasteiger partial charge >= 0.3 is 0 Å². The van der Waals surface area contributed by atoms with Crippen LogP contribution in [-0.2, 0) is 23.7 Å². The Morgan fingerprint density at radius 2 is 0.819 bits per heavy atom. The van der Waals surface area contributed by atoms with Crippen molar-refractivity contribution in [1.29, 1.82) is 0 Å². The Balaban J connectivity index is 0.000000127. The van der Waals surface area contributed by atoms with E-state index in [1.54, 1.807) is 0 Å². The lowest BCUT2D eigenvalue weighted by Crippen LogP contribution is -2.57. The van der Waals surface area contributed by atoms with Gasteiger partial charge in [-0.1, -0.05) is 0 Å². The summed E-state index contributed by atoms with van der Waals surface area (Å²) in [7, 11) is 0. The van der Waals surface area contributed by atoms with Crippen molar-refractivity contribution in [2.45, 2.75) is 374 Å². The van der Waals surface area contributed by atoms with Crippen molar-refractivity contribution < 1.29 is 23.7 Å². The molecule has 0 aromatic rings. The summed E-state index contributed by atoms with van der Waals surface area (Å²) < 4.78 is 27.6. The Bertz CT molecular complexity index is 2590. The highest BCUT2D eigenvalue weighted by Gasteiger charge is 2.51. The highest BCUT2D eigenvalue weighted by Crippen LogP contribution is 2.53. The van der Waals surface area contributed by atoms with Crippen LogP contribution in [0.3, 0.4) is 0 Å². The first-order valence-corrected chi connectivity index (χ1v) is 49.5. The van der Waals surface area contributed by atoms with Crippen LogP contribution in [-0.4, -0.2) is 424 Å². The van der Waals surface area contributed by atoms with Crippen LogP contribution in [0.2, 0.25) is 0 Å². The molecule has 2 N–H and O–H groups in total. The fraction of sp³-hybridized carbons (Fsp3) is 1.00. The van der Waals surface area contributed by atoms with Crippen molar-refractivity contribution >= 4 is 0 Å². The summed E-state index contributed by atoms with van der Waals surface area (Å²) in [6.07, 6.45) is 25.2. The number of nitrogens with zero attached hydrogens (tertiary/aromatic N) is 14. The first kappa shape index (κ1) is 95.8. The molecule has 3 spiro atoms. The zero-order chi connectivity index (χ0) is 82.8. The maximum atomic E-state index is 5.74. The summed E-state index contributed by atoms with van der Waals surface area (Å²) in [4.78, 5) is 36.3. The number of rotatable bonds is 15. The van der Waals surface area contributed by atoms with E-state index in [-0.39, 0.29) is 0 Å². The van der Waals surface area contributed by atoms with Gasteiger partial charge in [0.05, 0.1) is 56.4 Å². The van der Waals surface area contributed by atoms with E-state index in [9.17, 15) is 0 Å². The van der Waals surface area contributed by atoms with E-state index < -0.39 is 0 Å². The van der Waals surface area contributed by atoms with Crippen LogP contribution in [0, 0.1) is 11.3 Å². The number of nitrogens with one attached hydrogen (secondary N) is 2. The van der Waals surface area contributed by atoms with Gasteiger partial charge in [0.25, 0.3) is 0 Å². The predicted octanol–water partition coefficient (Wildman–Crippen LogP) is 10.7. The average molecular weight is 1630 g/mol. The van der Waals surface area contributed by atoms with Crippen molar-refractivity contribution in [2.24, 2.45) is 11.3 Å². The smallest absolute Gasteiger partial charge is 0.0811 e. The third-order valence-electron chi connectivity index (χ3n) is 30.4. The third-order valence-corrected chi connectivity index (χ3v) is 30.4. The van der Waals surface area contributed by atoms with E-state index in [1.165, 1.54) is 273 Å². The molecule has 0 amide bonds. The zero-order valence-electron chi connectivity index (χ0n) is 79.1. The lowest BCUT2D eigenvalue weighted by atomic mass is 10.1. The topological polar surface area (TPSA) is 116 Å². The monoisotopic (exact) mass is 1630 g/mol. The van der Waals surface area contributed by atoms with Crippen molar-refractivity contribution in [1.82, 2.24) is 79.2 Å². The molecule has 6 unspecified atom stereocenters. The molecule has 21 nitrogen and oxygen atoms in total. The summed E-state index contributed by atoms with van der Waals surface area (Å²) in [5.41, 5.74) is 1.69. The minimum atomic E-state index is 0.308. The van der Waals surface area contributed by atoms with Crippen LogP contribution in [0.15, 0.2) is 0 Å². The van der Waals surface area contributed by atoms with Gasteiger partial charge in [-0.25, -0.2) is 0 Å². The van der Waals surface area contributed by atoms with Gasteiger partial charge in [0.2, 0.25) is 0 Å². The van der Waals surface area contributed by atoms with E-state index >= 15 is 0 Å². The molecule has 13 heterocycles. The Morgan fingerprint density at radius 3 is 1.23 bits per heavy atom. The van der Waals surface area contributed by atoms with Crippen LogP contribution >= 0.6 is 0 Å². The number of hydrogen-bond acceptors (Lipinski definition) is 21. The number of fused-ring (bicyclic) bond motifs is 4. The highest BCUT2D eigenvalue weighted by molar-refractivity contribution is 5.08. The minimum absolute atomic E-state index is 0.308. The number of likely N-dealkylation sites (tertiary alicyclic amines) is 2. The summed E-state index contributed by atoms with van der Waals surface area (Å²) in [5, 5.41) is 7.11. The summed E-state index contributed by atoms with van der Waals surface area (Å²) in [6.45, 7) is 87.8. The maximum absolute atomic E-state index is 5.74. The molecule has 7 saturated carbocycles. The molecule has 13 saturated heterocycles. The van der Waals surface area contributed by atoms with Gasteiger partial charge in [0.1, 0.15) is 0 Å². The molecule has 116 heavy (non-hydrogen) atoms. The highest BCUT2D eigenvalue weighted by atomic mass is 16.5. The van der Waals surface area contributed by atoms with Crippen molar-refractivity contribution in [3.8, 4) is 0 Å². The molecule has 0 aromatic carbocycles. The predicted molar refractivity (Wildman–Crippen MR) is 483 cm³/mol. The molecule has 7 aliphatic carbocycles. The summed E-state index contributed by atoms with van der Waals surface area (Å²) >= 11 is 0. The van der Waals surface area contributed by atoms with Gasteiger partial charge in [0.15, 0.2) is 0 Å². The third kappa shape index (κ3) is 31.0. The van der Waals surface area contributed by atoms with Crippen molar-refractivity contribution in [3.05, 3.63) is 0 Å². The molecule has 20 rings (SSSR count). The summed E-state index contributed by atoms with van der Waals surface area (Å²) in [6, 6.07) is 12.3. The lowest BCUT2D eigenvalue weighted by Gasteiger charge is -2.43. The standard InChI is InChI=1S/C12H24N2O.C11H22N2.C10H20N2O.C10H20N2.C9H18N2.2C9H17NO.C9H17N.C8H16N2.C8H15NO/c1-11(2)13-5-7-14(8-6-13)12-3-9-15-10-4-12;1-10(2)13-7-5-12(6-8-13)9-11-3-4-11;1-9(2)11-3-5-12(6-4-11)10-7-13-8-10;1-9(2)11-5-7-12(8-6-11)10-3-4-10;1-8(2)11-6-5-10-9(7-11)3-4-9;1-7(2)10-5-8-3-4-9(6-10)11-8;1-8(2)10-5-6-11-9(7-10)3-4-9;1-8(2)10-6-5-9(7-10)3-4-9;1-6(2)10-4-3-9-7-5-8(7)10;1-6(2)9-3-4-10-8-5-7(8)9/h11-12H,3-10H2,1-2H3;10-11H,3-9H2,1-2H3;9-10H,3-8H2,1-2H3;9-10H,3-8H2,1-2H3;8,10H,3-7H2,1-2H3;7-9H,3-6H2,1-2H3;8H,3-7H2,1-2H3;8H,3-7H2,1-2H3;6-9H,3-5H2,1-2H3;6-8H,3-5H2,1-2H3. The van der Waals surface area contributed by atoms with Crippen molar-refractivity contribution in [2.75, 3.05) is 229 Å². The van der Waals surface area contributed by atoms with Gasteiger partial charge in [-0.15, -0.1) is 0 Å². The maximum Gasteiger partial charge on any atom is 0.0811 e. The van der Waals surface area contributed by atoms with Gasteiger partial charge < -0.3 is 44.1 Å². The SMILES string of the molecule is CC(C)N1CC2CCC(C1)O2.CC(C)N1CCC2(CC2)C1.CC(C)N1CCN(C2CC2)CC1.CC(C)N1CCN(C2CCOCC2)CC1.CC(C)N1CCN(C2COC2)CC1.CC(C)N1CCN(CC2CC2)CC1.CC(C)N1CCNC2(CC2)C1.CC(C)N1CCNC2CC21.CC(C)N1CCOC2(CC2)C1.CC(C)N1CCOC2CC21. The Kier molecular flexibility index (Phi) is 38.0. The lowest BCUT2D eigenvalue weighted by molar-refractivity contribution is -0.0787. The molecule has 6 atom stereocenters. The molecule has 0 aromatic heterocycles. The second kappa shape index (κ2) is 46.1. The average Bonchev–Trinajstić information content (AvgIpc) is 1.66. The molecule has 13 aliphatic heterocycles. The fourth-order valence-corrected chi connectivity index (χ4v) is 20.4. The molecule has 0 radical (unpaired) electrons. The van der Waals surface area contributed by atoms with E-state index in [1.807, 2.05) is 0 Å². The normalized spacial score (nSPS) is 31.4. The first-order chi connectivity index (χ1) is 55.6. The van der Waals surface area contributed by atoms with E-state index in [0.29, 0.717) is 59.7 Å². The van der Waals surface area contributed by atoms with Crippen LogP contribution < -0.4 is 10.6 Å². The van der Waals surface area contributed by atoms with Gasteiger partial charge in [-0.2, -0.15) is 0 Å². The number of ether oxygens (including phenoxy) is 5. The quantitative estimate of drug-likeness (QED) is 0.162. The second-order valence-corrected chi connectivity index (χ2v) is 42.6. The molecule has 2 bridgehead atoms. The Hall–Kier alpha value is -0.840. The van der Waals surface area contributed by atoms with Crippen LogP contribution in [0.4, 0.5) is 0 Å². The number of morpholine rings is 3. The largest absolute Gasteiger partial charge is 0.381 e. The van der Waals surface area contributed by atoms with E-state index in [2.05, 4.69) is 218 Å². The minimum Gasteiger partial charge on any atom is -0.381 e. The Labute approximate surface area is 713 Å². The van der Waals surface area contributed by atoms with Gasteiger partial charge in [-0.3, -0.25) is 58.8 Å². The number of hydrogen-bond donors (Lipinski definition) is 2. The van der Waals surface area contributed by atoms with E-state index in [4.69, 9.17) is 23.7 Å². The number of piperazine rings is 6. The second-order valence-electron chi connectivity index (χ2n) is 42.6. The van der Waals surface area contributed by atoms with Gasteiger partial charge in [0, 0.05) is 293 Å². The molecule has 676 valence electrons. The van der Waals surface area contributed by atoms with E-state index in [0.717, 1.165) is 144 Å². The van der Waals surface area contributed by atoms with Gasteiger partial charge in [-0.05, 0) is 266 Å². The van der Waals surface area contributed by atoms with Crippen LogP contribution in [0.1, 0.15) is 248 Å². The molecule has 21 heteroatoms. The molecule has 20 fully saturated rings. The van der Waals surface area contributed by atoms with Crippen LogP contribution in [0.5, 0.6) is 0 Å². The zero-order valence-corrected chi connectivity index (χ0v) is 79.1. The first-order valence-electron chi connectivity index (χ1n) is 49.5. The Morgan fingerprint density at radius 1 is 0.345 bits per heavy atom. The fourth-order valence-electron chi connectivity index (χ4n) is 20.4. The molecular formula is C95H186N16O5. The van der Waals surface area contributed by atoms with Crippen LogP contribution in [0.25, 0.3) is 0 Å². The summed E-state index contributed by atoms with van der Waals surface area (Å²) in [5.74, 6) is 1.06. The van der Waals surface area contributed by atoms with Crippen molar-refractivity contribution in [3.63, 3.8) is 0 Å². The molecule has 20 aliphatic rings.